The molecule has 1 aliphatic heterocycles. The molecule has 5 heteroatoms. The van der Waals surface area contributed by atoms with E-state index >= 15 is 0 Å². The number of rotatable bonds is 3. The largest absolute Gasteiger partial charge is 0.508 e. The molecule has 1 N–H and O–H groups in total. The number of halogens is 1. The maximum Gasteiger partial charge on any atom is 0.162 e. The third-order valence-electron chi connectivity index (χ3n) is 7.81. The van der Waals surface area contributed by atoms with Crippen LogP contribution in [0.5, 0.6) is 5.75 Å². The van der Waals surface area contributed by atoms with Crippen molar-refractivity contribution in [2.75, 3.05) is 4.90 Å². The Balaban J connectivity index is 1.84. The summed E-state index contributed by atoms with van der Waals surface area (Å²) in [6, 6.07) is 13.8. The number of anilines is 1. The van der Waals surface area contributed by atoms with E-state index in [0.717, 1.165) is 40.8 Å². The lowest BCUT2D eigenvalue weighted by molar-refractivity contribution is -0.119. The standard InChI is InChI=1S/C31H34BrNO3/c1-6-18-7-10-20(11-8-18)33-22-14-30(2,3)16-25(35)28(22)27(21-13-19(32)9-12-24(21)34)29-23(33)15-31(4,5)17-26(29)36/h7-13,27,34H,6,14-17H2,1-5H3. The predicted octanol–water partition coefficient (Wildman–Crippen LogP) is 7.61. The van der Waals surface area contributed by atoms with Gasteiger partial charge in [-0.3, -0.25) is 9.59 Å². The van der Waals surface area contributed by atoms with Gasteiger partial charge in [-0.2, -0.15) is 0 Å². The number of aromatic hydroxyl groups is 1. The minimum atomic E-state index is -0.564. The highest BCUT2D eigenvalue weighted by Crippen LogP contribution is 2.56. The summed E-state index contributed by atoms with van der Waals surface area (Å²) in [5, 5.41) is 11.0. The first-order valence-corrected chi connectivity index (χ1v) is 13.6. The third kappa shape index (κ3) is 4.26. The monoisotopic (exact) mass is 547 g/mol. The van der Waals surface area contributed by atoms with Crippen LogP contribution in [-0.2, 0) is 16.0 Å². The second-order valence-electron chi connectivity index (χ2n) is 12.1. The zero-order valence-corrected chi connectivity index (χ0v) is 23.3. The Morgan fingerprint density at radius 1 is 0.861 bits per heavy atom. The molecule has 36 heavy (non-hydrogen) atoms. The maximum absolute atomic E-state index is 13.9. The molecule has 0 radical (unpaired) electrons. The van der Waals surface area contributed by atoms with E-state index in [2.05, 4.69) is 79.7 Å². The van der Waals surface area contributed by atoms with Gasteiger partial charge in [-0.1, -0.05) is 62.7 Å². The van der Waals surface area contributed by atoms with Crippen LogP contribution in [0.15, 0.2) is 69.5 Å². The van der Waals surface area contributed by atoms with Crippen molar-refractivity contribution in [2.45, 2.75) is 72.6 Å². The van der Waals surface area contributed by atoms with Crippen molar-refractivity contribution in [2.24, 2.45) is 10.8 Å². The second kappa shape index (κ2) is 8.72. The van der Waals surface area contributed by atoms with E-state index < -0.39 is 5.92 Å². The number of carbonyl (C=O) groups excluding carboxylic acids is 2. The van der Waals surface area contributed by atoms with Crippen LogP contribution in [0.2, 0.25) is 0 Å². The molecule has 0 aromatic heterocycles. The van der Waals surface area contributed by atoms with Gasteiger partial charge in [0.1, 0.15) is 5.75 Å². The van der Waals surface area contributed by atoms with Crippen molar-refractivity contribution < 1.29 is 14.7 Å². The summed E-state index contributed by atoms with van der Waals surface area (Å²) in [6.07, 6.45) is 3.23. The van der Waals surface area contributed by atoms with E-state index in [4.69, 9.17) is 0 Å². The van der Waals surface area contributed by atoms with E-state index in [9.17, 15) is 14.7 Å². The van der Waals surface area contributed by atoms with Gasteiger partial charge in [-0.05, 0) is 66.0 Å². The lowest BCUT2D eigenvalue weighted by atomic mass is 9.63. The van der Waals surface area contributed by atoms with Crippen molar-refractivity contribution in [3.63, 3.8) is 0 Å². The van der Waals surface area contributed by atoms with Crippen LogP contribution in [0.3, 0.4) is 0 Å². The predicted molar refractivity (Wildman–Crippen MR) is 147 cm³/mol. The Morgan fingerprint density at radius 2 is 1.39 bits per heavy atom. The van der Waals surface area contributed by atoms with Crippen LogP contribution < -0.4 is 4.90 Å². The molecule has 0 atom stereocenters. The summed E-state index contributed by atoms with van der Waals surface area (Å²) >= 11 is 3.54. The van der Waals surface area contributed by atoms with Crippen LogP contribution in [0.25, 0.3) is 0 Å². The van der Waals surface area contributed by atoms with Crippen LogP contribution >= 0.6 is 15.9 Å². The number of ketones is 2. The Morgan fingerprint density at radius 3 is 1.89 bits per heavy atom. The molecule has 4 nitrogen and oxygen atoms in total. The number of phenolic OH excluding ortho intramolecular Hbond substituents is 1. The van der Waals surface area contributed by atoms with Gasteiger partial charge in [0.15, 0.2) is 11.6 Å². The first-order chi connectivity index (χ1) is 16.9. The first-order valence-electron chi connectivity index (χ1n) is 12.8. The SMILES string of the molecule is CCc1ccc(N2C3=C(C(=O)CC(C)(C)C3)C(c3cc(Br)ccc3O)C3=C2CC(C)(C)CC3=O)cc1. The molecule has 2 aromatic carbocycles. The van der Waals surface area contributed by atoms with Crippen LogP contribution in [-0.4, -0.2) is 16.7 Å². The molecule has 0 saturated carbocycles. The molecule has 0 unspecified atom stereocenters. The molecular weight excluding hydrogens is 514 g/mol. The molecule has 2 aromatic rings. The fourth-order valence-electron chi connectivity index (χ4n) is 6.23. The summed E-state index contributed by atoms with van der Waals surface area (Å²) in [5.41, 5.74) is 5.70. The summed E-state index contributed by atoms with van der Waals surface area (Å²) in [5.74, 6) is -0.334. The number of aryl methyl sites for hydroxylation is 1. The summed E-state index contributed by atoms with van der Waals surface area (Å²) in [7, 11) is 0. The van der Waals surface area contributed by atoms with Crippen LogP contribution in [0.1, 0.15) is 77.3 Å². The summed E-state index contributed by atoms with van der Waals surface area (Å²) in [4.78, 5) is 30.0. The molecular formula is C31H34BrNO3. The molecule has 0 fully saturated rings. The van der Waals surface area contributed by atoms with Gasteiger partial charge >= 0.3 is 0 Å². The van der Waals surface area contributed by atoms with E-state index in [-0.39, 0.29) is 28.1 Å². The van der Waals surface area contributed by atoms with Gasteiger partial charge in [0.2, 0.25) is 0 Å². The number of benzene rings is 2. The zero-order valence-electron chi connectivity index (χ0n) is 21.7. The van der Waals surface area contributed by atoms with Gasteiger partial charge in [-0.15, -0.1) is 0 Å². The highest BCUT2D eigenvalue weighted by atomic mass is 79.9. The van der Waals surface area contributed by atoms with Crippen molar-refractivity contribution in [1.29, 1.82) is 0 Å². The number of hydrogen-bond acceptors (Lipinski definition) is 4. The second-order valence-corrected chi connectivity index (χ2v) is 13.0. The number of Topliss-reactive ketones (excluding diaryl/α,β-unsaturated/α-hetero) is 2. The van der Waals surface area contributed by atoms with Gasteiger partial charge in [-0.25, -0.2) is 0 Å². The minimum Gasteiger partial charge on any atom is -0.508 e. The van der Waals surface area contributed by atoms with Crippen molar-refractivity contribution in [3.05, 3.63) is 80.6 Å². The topological polar surface area (TPSA) is 57.6 Å². The van der Waals surface area contributed by atoms with Gasteiger partial charge in [0, 0.05) is 57.0 Å². The maximum atomic E-state index is 13.9. The Labute approximate surface area is 222 Å². The average Bonchev–Trinajstić information content (AvgIpc) is 2.78. The summed E-state index contributed by atoms with van der Waals surface area (Å²) < 4.78 is 0.810. The Kier molecular flexibility index (Phi) is 6.06. The Hall–Kier alpha value is -2.66. The van der Waals surface area contributed by atoms with Gasteiger partial charge in [0.25, 0.3) is 0 Å². The molecule has 2 aliphatic carbocycles. The van der Waals surface area contributed by atoms with Crippen LogP contribution in [0, 0.1) is 10.8 Å². The smallest absolute Gasteiger partial charge is 0.162 e. The average molecular weight is 549 g/mol. The lowest BCUT2D eigenvalue weighted by Crippen LogP contribution is -2.44. The highest BCUT2D eigenvalue weighted by molar-refractivity contribution is 9.10. The van der Waals surface area contributed by atoms with Crippen molar-refractivity contribution in [3.8, 4) is 5.75 Å². The first kappa shape index (κ1) is 25.0. The zero-order chi connectivity index (χ0) is 26.0. The highest BCUT2D eigenvalue weighted by Gasteiger charge is 2.49. The summed E-state index contributed by atoms with van der Waals surface area (Å²) in [6.45, 7) is 10.7. The normalized spacial score (nSPS) is 21.6. The van der Waals surface area contributed by atoms with Gasteiger partial charge < -0.3 is 10.0 Å². The molecule has 188 valence electrons. The molecule has 1 heterocycles. The minimum absolute atomic E-state index is 0.0602. The van der Waals surface area contributed by atoms with E-state index in [1.165, 1.54) is 5.56 Å². The quantitative estimate of drug-likeness (QED) is 0.429. The molecule has 0 bridgehead atoms. The number of phenols is 1. The van der Waals surface area contributed by atoms with Crippen molar-refractivity contribution in [1.82, 2.24) is 0 Å². The molecule has 0 amide bonds. The fraction of sp³-hybridized carbons (Fsp3) is 0.419. The van der Waals surface area contributed by atoms with Crippen molar-refractivity contribution >= 4 is 33.2 Å². The van der Waals surface area contributed by atoms with Gasteiger partial charge in [0.05, 0.1) is 0 Å². The van der Waals surface area contributed by atoms with E-state index in [0.29, 0.717) is 29.6 Å². The van der Waals surface area contributed by atoms with Crippen LogP contribution in [0.4, 0.5) is 5.69 Å². The molecule has 0 saturated heterocycles. The third-order valence-corrected chi connectivity index (χ3v) is 8.31. The number of allylic oxidation sites excluding steroid dienone is 4. The molecule has 3 aliphatic rings. The number of nitrogens with zero attached hydrogens (tertiary/aromatic N) is 1. The lowest BCUT2D eigenvalue weighted by Gasteiger charge is -2.49. The number of carbonyl (C=O) groups is 2. The molecule has 0 spiro atoms. The van der Waals surface area contributed by atoms with E-state index in [1.807, 2.05) is 6.07 Å². The molecule has 5 rings (SSSR count). The van der Waals surface area contributed by atoms with E-state index in [1.54, 1.807) is 12.1 Å². The fourth-order valence-corrected chi connectivity index (χ4v) is 6.60. The number of hydrogen-bond donors (Lipinski definition) is 1. The Bertz CT molecular complexity index is 1280.